The lowest BCUT2D eigenvalue weighted by atomic mass is 10.1. The van der Waals surface area contributed by atoms with Crippen LogP contribution in [0.2, 0.25) is 5.02 Å². The zero-order chi connectivity index (χ0) is 12.4. The van der Waals surface area contributed by atoms with Crippen molar-refractivity contribution in [3.63, 3.8) is 0 Å². The highest BCUT2D eigenvalue weighted by molar-refractivity contribution is 6.30. The molecule has 5 heteroatoms. The van der Waals surface area contributed by atoms with E-state index in [1.165, 1.54) is 0 Å². The molecule has 1 fully saturated rings. The Kier molecular flexibility index (Phi) is 3.66. The fourth-order valence-corrected chi connectivity index (χ4v) is 2.06. The van der Waals surface area contributed by atoms with Gasteiger partial charge in [0, 0.05) is 23.8 Å². The molecule has 1 saturated heterocycles. The lowest BCUT2D eigenvalue weighted by Gasteiger charge is -2.35. The summed E-state index contributed by atoms with van der Waals surface area (Å²) in [6, 6.07) is 5.35. The van der Waals surface area contributed by atoms with Crippen molar-refractivity contribution >= 4 is 23.2 Å². The quantitative estimate of drug-likeness (QED) is 0.854. The number of aliphatic hydroxyl groups is 1. The summed E-state index contributed by atoms with van der Waals surface area (Å²) in [5, 5.41) is 12.6. The van der Waals surface area contributed by atoms with Crippen molar-refractivity contribution in [3.8, 4) is 0 Å². The fraction of sp³-hybridized carbons (Fsp3) is 0.417. The summed E-state index contributed by atoms with van der Waals surface area (Å²) in [6.07, 6.45) is -0.278. The largest absolute Gasteiger partial charge is 0.390 e. The molecule has 0 bridgehead atoms. The summed E-state index contributed by atoms with van der Waals surface area (Å²) in [7, 11) is 0. The van der Waals surface area contributed by atoms with Gasteiger partial charge in [-0.2, -0.15) is 0 Å². The third kappa shape index (κ3) is 3.19. The summed E-state index contributed by atoms with van der Waals surface area (Å²) in [6.45, 7) is 3.37. The number of β-amino-alcohol motifs (C(OH)–C–C–N with tert-alkyl or cyclic N) is 1. The minimum Gasteiger partial charge on any atom is -0.390 e. The smallest absolute Gasteiger partial charge is 0.238 e. The van der Waals surface area contributed by atoms with E-state index in [9.17, 15) is 4.79 Å². The van der Waals surface area contributed by atoms with Crippen LogP contribution in [-0.2, 0) is 4.79 Å². The summed E-state index contributed by atoms with van der Waals surface area (Å²) in [4.78, 5) is 13.6. The number of nitrogens with one attached hydrogen (secondary N) is 1. The molecule has 2 N–H and O–H groups in total. The van der Waals surface area contributed by atoms with Crippen molar-refractivity contribution in [2.45, 2.75) is 13.0 Å². The lowest BCUT2D eigenvalue weighted by molar-refractivity contribution is -0.119. The number of anilines is 1. The van der Waals surface area contributed by atoms with Crippen molar-refractivity contribution in [1.82, 2.24) is 4.90 Å². The number of aryl methyl sites for hydroxylation is 1. The van der Waals surface area contributed by atoms with Crippen LogP contribution < -0.4 is 5.32 Å². The van der Waals surface area contributed by atoms with Gasteiger partial charge < -0.3 is 10.4 Å². The molecule has 0 atom stereocenters. The number of carbonyl (C=O) groups is 1. The summed E-state index contributed by atoms with van der Waals surface area (Å²) < 4.78 is 0. The minimum atomic E-state index is -0.278. The van der Waals surface area contributed by atoms with E-state index in [1.54, 1.807) is 12.1 Å². The number of aliphatic hydroxyl groups excluding tert-OH is 1. The van der Waals surface area contributed by atoms with Gasteiger partial charge in [0.15, 0.2) is 0 Å². The molecule has 1 aromatic carbocycles. The van der Waals surface area contributed by atoms with E-state index < -0.39 is 0 Å². The zero-order valence-electron chi connectivity index (χ0n) is 9.61. The summed E-state index contributed by atoms with van der Waals surface area (Å²) >= 11 is 5.84. The number of hydrogen-bond donors (Lipinski definition) is 2. The van der Waals surface area contributed by atoms with E-state index in [1.807, 2.05) is 17.9 Å². The zero-order valence-corrected chi connectivity index (χ0v) is 10.4. The van der Waals surface area contributed by atoms with Gasteiger partial charge in [0.25, 0.3) is 0 Å². The van der Waals surface area contributed by atoms with Crippen LogP contribution in [-0.4, -0.2) is 41.7 Å². The maximum absolute atomic E-state index is 11.7. The van der Waals surface area contributed by atoms with Crippen LogP contribution in [0, 0.1) is 6.92 Å². The van der Waals surface area contributed by atoms with Crippen molar-refractivity contribution in [2.24, 2.45) is 0 Å². The molecule has 17 heavy (non-hydrogen) atoms. The average Bonchev–Trinajstić information content (AvgIpc) is 2.20. The van der Waals surface area contributed by atoms with Gasteiger partial charge in [-0.3, -0.25) is 9.69 Å². The molecule has 1 heterocycles. The fourth-order valence-electron chi connectivity index (χ4n) is 1.83. The number of nitrogens with zero attached hydrogens (tertiary/aromatic N) is 1. The van der Waals surface area contributed by atoms with Crippen LogP contribution in [0.4, 0.5) is 5.69 Å². The van der Waals surface area contributed by atoms with Gasteiger partial charge in [0.2, 0.25) is 5.91 Å². The Bertz CT molecular complexity index is 431. The standard InChI is InChI=1S/C12H15ClN2O2/c1-8-4-9(13)2-3-11(8)14-12(17)7-15-5-10(16)6-15/h2-4,10,16H,5-7H2,1H3,(H,14,17). The molecule has 92 valence electrons. The maximum atomic E-state index is 11.7. The third-order valence-electron chi connectivity index (χ3n) is 2.77. The molecule has 1 amide bonds. The Balaban J connectivity index is 1.89. The molecule has 0 aromatic heterocycles. The Morgan fingerprint density at radius 2 is 2.29 bits per heavy atom. The third-order valence-corrected chi connectivity index (χ3v) is 3.00. The van der Waals surface area contributed by atoms with Crippen LogP contribution in [0.1, 0.15) is 5.56 Å². The summed E-state index contributed by atoms with van der Waals surface area (Å²) in [5.74, 6) is -0.0673. The molecule has 4 nitrogen and oxygen atoms in total. The predicted molar refractivity (Wildman–Crippen MR) is 67.3 cm³/mol. The van der Waals surface area contributed by atoms with Crippen molar-refractivity contribution in [1.29, 1.82) is 0 Å². The Morgan fingerprint density at radius 3 is 2.88 bits per heavy atom. The second-order valence-electron chi connectivity index (χ2n) is 4.36. The highest BCUT2D eigenvalue weighted by Gasteiger charge is 2.25. The monoisotopic (exact) mass is 254 g/mol. The highest BCUT2D eigenvalue weighted by atomic mass is 35.5. The first kappa shape index (κ1) is 12.4. The molecule has 0 saturated carbocycles. The number of halogens is 1. The molecule has 1 aliphatic heterocycles. The molecule has 0 spiro atoms. The number of hydrogen-bond acceptors (Lipinski definition) is 3. The number of amides is 1. The lowest BCUT2D eigenvalue weighted by Crippen LogP contribution is -2.53. The Morgan fingerprint density at radius 1 is 1.59 bits per heavy atom. The first-order valence-corrected chi connectivity index (χ1v) is 5.89. The van der Waals surface area contributed by atoms with Gasteiger partial charge in [-0.15, -0.1) is 0 Å². The van der Waals surface area contributed by atoms with E-state index in [0.29, 0.717) is 24.7 Å². The molecule has 0 aliphatic carbocycles. The Hall–Kier alpha value is -1.10. The SMILES string of the molecule is Cc1cc(Cl)ccc1NC(=O)CN1CC(O)C1. The van der Waals surface area contributed by atoms with Crippen LogP contribution in [0.25, 0.3) is 0 Å². The molecule has 1 aromatic rings. The van der Waals surface area contributed by atoms with E-state index in [4.69, 9.17) is 16.7 Å². The van der Waals surface area contributed by atoms with E-state index >= 15 is 0 Å². The first-order valence-electron chi connectivity index (χ1n) is 5.51. The topological polar surface area (TPSA) is 52.6 Å². The second-order valence-corrected chi connectivity index (χ2v) is 4.79. The Labute approximate surface area is 105 Å². The van der Waals surface area contributed by atoms with E-state index in [2.05, 4.69) is 5.32 Å². The number of likely N-dealkylation sites (tertiary alicyclic amines) is 1. The van der Waals surface area contributed by atoms with Gasteiger partial charge in [-0.1, -0.05) is 11.6 Å². The maximum Gasteiger partial charge on any atom is 0.238 e. The molecule has 0 radical (unpaired) electrons. The molecule has 0 unspecified atom stereocenters. The van der Waals surface area contributed by atoms with Crippen molar-refractivity contribution < 1.29 is 9.90 Å². The van der Waals surface area contributed by atoms with E-state index in [-0.39, 0.29) is 12.0 Å². The number of benzene rings is 1. The second kappa shape index (κ2) is 5.04. The average molecular weight is 255 g/mol. The predicted octanol–water partition coefficient (Wildman–Crippen LogP) is 1.26. The van der Waals surface area contributed by atoms with Gasteiger partial charge >= 0.3 is 0 Å². The van der Waals surface area contributed by atoms with Crippen molar-refractivity contribution in [3.05, 3.63) is 28.8 Å². The van der Waals surface area contributed by atoms with Crippen LogP contribution in [0.3, 0.4) is 0 Å². The molecular weight excluding hydrogens is 240 g/mol. The molecule has 2 rings (SSSR count). The highest BCUT2D eigenvalue weighted by Crippen LogP contribution is 2.19. The molecular formula is C12H15ClN2O2. The van der Waals surface area contributed by atoms with Crippen LogP contribution >= 0.6 is 11.6 Å². The van der Waals surface area contributed by atoms with Crippen molar-refractivity contribution in [2.75, 3.05) is 25.0 Å². The van der Waals surface area contributed by atoms with Gasteiger partial charge in [-0.25, -0.2) is 0 Å². The number of rotatable bonds is 3. The van der Waals surface area contributed by atoms with E-state index in [0.717, 1.165) is 11.3 Å². The van der Waals surface area contributed by atoms with Crippen LogP contribution in [0.15, 0.2) is 18.2 Å². The number of carbonyl (C=O) groups excluding carboxylic acids is 1. The normalized spacial score (nSPS) is 16.6. The van der Waals surface area contributed by atoms with Gasteiger partial charge in [-0.05, 0) is 30.7 Å². The van der Waals surface area contributed by atoms with Gasteiger partial charge in [0.05, 0.1) is 12.6 Å². The molecule has 1 aliphatic rings. The minimum absolute atomic E-state index is 0.0673. The van der Waals surface area contributed by atoms with Gasteiger partial charge in [0.1, 0.15) is 0 Å². The first-order chi connectivity index (χ1) is 8.04. The summed E-state index contributed by atoms with van der Waals surface area (Å²) in [5.41, 5.74) is 1.72. The van der Waals surface area contributed by atoms with Crippen LogP contribution in [0.5, 0.6) is 0 Å².